The van der Waals surface area contributed by atoms with Crippen LogP contribution in [0.15, 0.2) is 27.1 Å². The lowest BCUT2D eigenvalue weighted by Crippen LogP contribution is -2.12. The van der Waals surface area contributed by atoms with Gasteiger partial charge in [0, 0.05) is 8.95 Å². The smallest absolute Gasteiger partial charge is 0.103 e. The van der Waals surface area contributed by atoms with Crippen LogP contribution in [0.2, 0.25) is 0 Å². The van der Waals surface area contributed by atoms with Gasteiger partial charge in [-0.3, -0.25) is 0 Å². The molecular weight excluding hydrogens is 324 g/mol. The van der Waals surface area contributed by atoms with Gasteiger partial charge in [-0.2, -0.15) is 0 Å². The zero-order valence-electron chi connectivity index (χ0n) is 8.71. The van der Waals surface area contributed by atoms with Crippen molar-refractivity contribution in [2.45, 2.75) is 26.1 Å². The van der Waals surface area contributed by atoms with Crippen LogP contribution in [-0.4, -0.2) is 17.8 Å². The maximum Gasteiger partial charge on any atom is 0.103 e. The fraction of sp³-hybridized carbons (Fsp3) is 0.455. The number of hydrogen-bond donors (Lipinski definition) is 1. The predicted octanol–water partition coefficient (Wildman–Crippen LogP) is 3.67. The first-order chi connectivity index (χ1) is 7.00. The Morgan fingerprint density at radius 1 is 1.33 bits per heavy atom. The molecule has 1 unspecified atom stereocenters. The topological polar surface area (TPSA) is 29.5 Å². The molecule has 2 nitrogen and oxygen atoms in total. The summed E-state index contributed by atoms with van der Waals surface area (Å²) in [6, 6.07) is 5.71. The summed E-state index contributed by atoms with van der Waals surface area (Å²) in [6.45, 7) is 4.21. The molecule has 0 aliphatic carbocycles. The summed E-state index contributed by atoms with van der Waals surface area (Å²) in [5.74, 6) is 0. The van der Waals surface area contributed by atoms with Crippen LogP contribution in [0.25, 0.3) is 0 Å². The molecule has 0 radical (unpaired) electrons. The molecule has 4 heteroatoms. The first-order valence-electron chi connectivity index (χ1n) is 4.75. The number of halogens is 2. The molecule has 0 heterocycles. The Morgan fingerprint density at radius 3 is 2.60 bits per heavy atom. The molecule has 84 valence electrons. The molecule has 0 saturated carbocycles. The van der Waals surface area contributed by atoms with Crippen LogP contribution in [0.3, 0.4) is 0 Å². The molecule has 0 aliphatic heterocycles. The number of rotatable bonds is 4. The van der Waals surface area contributed by atoms with E-state index in [2.05, 4.69) is 31.9 Å². The lowest BCUT2D eigenvalue weighted by Gasteiger charge is -2.15. The van der Waals surface area contributed by atoms with E-state index in [1.165, 1.54) is 0 Å². The van der Waals surface area contributed by atoms with Gasteiger partial charge in [-0.05, 0) is 37.6 Å². The van der Waals surface area contributed by atoms with Gasteiger partial charge in [0.05, 0.1) is 12.7 Å². The minimum Gasteiger partial charge on any atom is -0.386 e. The molecular formula is C11H14Br2O2. The lowest BCUT2D eigenvalue weighted by molar-refractivity contribution is 0.00464. The van der Waals surface area contributed by atoms with E-state index in [-0.39, 0.29) is 6.10 Å². The Labute approximate surface area is 107 Å². The highest BCUT2D eigenvalue weighted by atomic mass is 79.9. The highest BCUT2D eigenvalue weighted by Crippen LogP contribution is 2.27. The predicted molar refractivity (Wildman–Crippen MR) is 67.9 cm³/mol. The van der Waals surface area contributed by atoms with Crippen molar-refractivity contribution in [2.24, 2.45) is 0 Å². The zero-order valence-corrected chi connectivity index (χ0v) is 11.9. The SMILES string of the molecule is CC(C)OCC(O)c1cc(Br)ccc1Br. The number of benzene rings is 1. The van der Waals surface area contributed by atoms with Crippen LogP contribution in [-0.2, 0) is 4.74 Å². The molecule has 1 rings (SSSR count). The van der Waals surface area contributed by atoms with Gasteiger partial charge in [0.25, 0.3) is 0 Å². The summed E-state index contributed by atoms with van der Waals surface area (Å²) >= 11 is 6.77. The van der Waals surface area contributed by atoms with Crippen molar-refractivity contribution in [3.05, 3.63) is 32.7 Å². The highest BCUT2D eigenvalue weighted by Gasteiger charge is 2.12. The Balaban J connectivity index is 2.72. The van der Waals surface area contributed by atoms with Crippen molar-refractivity contribution < 1.29 is 9.84 Å². The van der Waals surface area contributed by atoms with Gasteiger partial charge < -0.3 is 9.84 Å². The van der Waals surface area contributed by atoms with Gasteiger partial charge in [0.2, 0.25) is 0 Å². The second-order valence-corrected chi connectivity index (χ2v) is 5.33. The number of ether oxygens (including phenoxy) is 1. The third-order valence-electron chi connectivity index (χ3n) is 1.90. The van der Waals surface area contributed by atoms with E-state index in [0.29, 0.717) is 6.61 Å². The maximum absolute atomic E-state index is 9.90. The summed E-state index contributed by atoms with van der Waals surface area (Å²) in [4.78, 5) is 0. The first kappa shape index (κ1) is 13.2. The average Bonchev–Trinajstić information content (AvgIpc) is 2.18. The fourth-order valence-electron chi connectivity index (χ4n) is 1.14. The van der Waals surface area contributed by atoms with Crippen LogP contribution >= 0.6 is 31.9 Å². The van der Waals surface area contributed by atoms with E-state index in [0.717, 1.165) is 14.5 Å². The minimum absolute atomic E-state index is 0.130. The van der Waals surface area contributed by atoms with Crippen molar-refractivity contribution in [2.75, 3.05) is 6.61 Å². The molecule has 1 aromatic carbocycles. The van der Waals surface area contributed by atoms with Gasteiger partial charge in [-0.1, -0.05) is 31.9 Å². The summed E-state index contributed by atoms with van der Waals surface area (Å²) < 4.78 is 7.21. The second-order valence-electron chi connectivity index (χ2n) is 3.56. The largest absolute Gasteiger partial charge is 0.386 e. The van der Waals surface area contributed by atoms with Crippen molar-refractivity contribution >= 4 is 31.9 Å². The summed E-state index contributed by atoms with van der Waals surface area (Å²) in [7, 11) is 0. The minimum atomic E-state index is -0.598. The van der Waals surface area contributed by atoms with Crippen LogP contribution in [0.1, 0.15) is 25.5 Å². The molecule has 0 amide bonds. The number of aliphatic hydroxyl groups excluding tert-OH is 1. The Bertz CT molecular complexity index is 326. The molecule has 0 fully saturated rings. The zero-order chi connectivity index (χ0) is 11.4. The van der Waals surface area contributed by atoms with E-state index in [1.54, 1.807) is 0 Å². The third kappa shape index (κ3) is 4.23. The van der Waals surface area contributed by atoms with Crippen molar-refractivity contribution in [1.29, 1.82) is 0 Å². The molecule has 15 heavy (non-hydrogen) atoms. The number of aliphatic hydroxyl groups is 1. The van der Waals surface area contributed by atoms with Crippen LogP contribution < -0.4 is 0 Å². The van der Waals surface area contributed by atoms with Gasteiger partial charge >= 0.3 is 0 Å². The van der Waals surface area contributed by atoms with E-state index in [9.17, 15) is 5.11 Å². The van der Waals surface area contributed by atoms with Crippen molar-refractivity contribution in [1.82, 2.24) is 0 Å². The quantitative estimate of drug-likeness (QED) is 0.908. The molecule has 1 atom stereocenters. The van der Waals surface area contributed by atoms with E-state index < -0.39 is 6.10 Å². The lowest BCUT2D eigenvalue weighted by atomic mass is 10.1. The molecule has 0 spiro atoms. The first-order valence-corrected chi connectivity index (χ1v) is 6.34. The average molecular weight is 338 g/mol. The van der Waals surface area contributed by atoms with Crippen LogP contribution in [0.5, 0.6) is 0 Å². The van der Waals surface area contributed by atoms with Crippen LogP contribution in [0.4, 0.5) is 0 Å². The monoisotopic (exact) mass is 336 g/mol. The Hall–Kier alpha value is 0.1000. The molecule has 1 N–H and O–H groups in total. The Morgan fingerprint density at radius 2 is 2.00 bits per heavy atom. The fourth-order valence-corrected chi connectivity index (χ4v) is 2.03. The molecule has 1 aromatic rings. The van der Waals surface area contributed by atoms with E-state index >= 15 is 0 Å². The van der Waals surface area contributed by atoms with E-state index in [4.69, 9.17) is 4.74 Å². The standard InChI is InChI=1S/C11H14Br2O2/c1-7(2)15-6-11(14)9-5-8(12)3-4-10(9)13/h3-5,7,11,14H,6H2,1-2H3. The molecule has 0 saturated heterocycles. The van der Waals surface area contributed by atoms with Crippen molar-refractivity contribution in [3.63, 3.8) is 0 Å². The van der Waals surface area contributed by atoms with Crippen molar-refractivity contribution in [3.8, 4) is 0 Å². The third-order valence-corrected chi connectivity index (χ3v) is 3.12. The van der Waals surface area contributed by atoms with Crippen LogP contribution in [0, 0.1) is 0 Å². The van der Waals surface area contributed by atoms with E-state index in [1.807, 2.05) is 32.0 Å². The van der Waals surface area contributed by atoms with Gasteiger partial charge in [-0.25, -0.2) is 0 Å². The highest BCUT2D eigenvalue weighted by molar-refractivity contribution is 9.11. The maximum atomic E-state index is 9.90. The number of hydrogen-bond acceptors (Lipinski definition) is 2. The normalized spacial score (nSPS) is 13.2. The summed E-state index contributed by atoms with van der Waals surface area (Å²) in [5.41, 5.74) is 0.838. The van der Waals surface area contributed by atoms with Gasteiger partial charge in [-0.15, -0.1) is 0 Å². The molecule has 0 aliphatic rings. The second kappa shape index (κ2) is 5.99. The summed E-state index contributed by atoms with van der Waals surface area (Å²) in [6.07, 6.45) is -0.468. The molecule has 0 bridgehead atoms. The molecule has 0 aromatic heterocycles. The van der Waals surface area contributed by atoms with Gasteiger partial charge in [0.15, 0.2) is 0 Å². The van der Waals surface area contributed by atoms with Gasteiger partial charge in [0.1, 0.15) is 6.10 Å². The summed E-state index contributed by atoms with van der Waals surface area (Å²) in [5, 5.41) is 9.90. The Kier molecular flexibility index (Phi) is 5.26.